The Morgan fingerprint density at radius 3 is 2.48 bits per heavy atom. The Morgan fingerprint density at radius 2 is 1.95 bits per heavy atom. The molecule has 1 unspecified atom stereocenters. The fraction of sp³-hybridized carbons (Fsp3) is 0.467. The van der Waals surface area contributed by atoms with Gasteiger partial charge in [-0.1, -0.05) is 12.1 Å². The molecule has 0 aliphatic carbocycles. The monoisotopic (exact) mass is 295 g/mol. The summed E-state index contributed by atoms with van der Waals surface area (Å²) in [6.45, 7) is 2.69. The van der Waals surface area contributed by atoms with Gasteiger partial charge >= 0.3 is 5.97 Å². The number of rotatable bonds is 9. The molecule has 0 saturated heterocycles. The number of carbonyl (C=O) groups excluding carboxylic acids is 1. The minimum Gasteiger partial charge on any atom is -0.494 e. The second-order valence-corrected chi connectivity index (χ2v) is 4.51. The Kier molecular flexibility index (Phi) is 7.25. The normalized spacial score (nSPS) is 11.7. The minimum atomic E-state index is -0.956. The van der Waals surface area contributed by atoms with Crippen molar-refractivity contribution in [2.45, 2.75) is 25.9 Å². The zero-order valence-corrected chi connectivity index (χ0v) is 12.3. The molecule has 116 valence electrons. The van der Waals surface area contributed by atoms with E-state index in [2.05, 4.69) is 5.32 Å². The van der Waals surface area contributed by atoms with E-state index in [0.717, 1.165) is 11.3 Å². The summed E-state index contributed by atoms with van der Waals surface area (Å²) in [6, 6.07) is 7.29. The molecule has 0 heterocycles. The molecule has 21 heavy (non-hydrogen) atoms. The third kappa shape index (κ3) is 6.76. The Hall–Kier alpha value is -2.08. The summed E-state index contributed by atoms with van der Waals surface area (Å²) in [6.07, 6.45) is -0.428. The van der Waals surface area contributed by atoms with Crippen LogP contribution < -0.4 is 10.1 Å². The molecule has 1 atom stereocenters. The molecule has 0 aliphatic heterocycles. The highest BCUT2D eigenvalue weighted by Gasteiger charge is 2.13. The summed E-state index contributed by atoms with van der Waals surface area (Å²) in [5.41, 5.74) is 0.864. The zero-order chi connectivity index (χ0) is 15.7. The van der Waals surface area contributed by atoms with Crippen LogP contribution in [0.25, 0.3) is 0 Å². The van der Waals surface area contributed by atoms with E-state index in [1.807, 2.05) is 31.2 Å². The maximum atomic E-state index is 11.8. The van der Waals surface area contributed by atoms with E-state index >= 15 is 0 Å². The van der Waals surface area contributed by atoms with Crippen molar-refractivity contribution in [2.75, 3.05) is 20.3 Å². The van der Waals surface area contributed by atoms with Crippen molar-refractivity contribution in [3.05, 3.63) is 29.8 Å². The number of carboxylic acid groups (broad SMARTS) is 1. The molecule has 0 aliphatic rings. The van der Waals surface area contributed by atoms with Crippen molar-refractivity contribution in [3.8, 4) is 5.75 Å². The first-order chi connectivity index (χ1) is 10.0. The molecule has 6 nitrogen and oxygen atoms in total. The van der Waals surface area contributed by atoms with Crippen LogP contribution >= 0.6 is 0 Å². The predicted molar refractivity (Wildman–Crippen MR) is 77.4 cm³/mol. The van der Waals surface area contributed by atoms with Gasteiger partial charge in [-0.25, -0.2) is 0 Å². The molecular formula is C15H21NO5. The highest BCUT2D eigenvalue weighted by molar-refractivity contribution is 5.78. The van der Waals surface area contributed by atoms with E-state index in [1.165, 1.54) is 7.11 Å². The summed E-state index contributed by atoms with van der Waals surface area (Å²) >= 11 is 0. The number of nitrogens with one attached hydrogen (secondary N) is 1. The number of methoxy groups -OCH3 is 1. The first kappa shape index (κ1) is 17.0. The summed E-state index contributed by atoms with van der Waals surface area (Å²) in [5.74, 6) is -0.364. The summed E-state index contributed by atoms with van der Waals surface area (Å²) in [7, 11) is 1.42. The van der Waals surface area contributed by atoms with Crippen LogP contribution in [-0.4, -0.2) is 43.3 Å². The van der Waals surface area contributed by atoms with Gasteiger partial charge < -0.3 is 19.9 Å². The first-order valence-corrected chi connectivity index (χ1v) is 6.78. The number of hydrogen-bond donors (Lipinski definition) is 2. The second kappa shape index (κ2) is 8.97. The van der Waals surface area contributed by atoms with E-state index in [-0.39, 0.29) is 25.3 Å². The molecule has 0 radical (unpaired) electrons. The minimum absolute atomic E-state index is 0.139. The van der Waals surface area contributed by atoms with Crippen molar-refractivity contribution in [2.24, 2.45) is 0 Å². The average Bonchev–Trinajstić information content (AvgIpc) is 2.45. The molecule has 1 rings (SSSR count). The molecule has 0 bridgehead atoms. The molecule has 0 saturated carbocycles. The van der Waals surface area contributed by atoms with Crippen LogP contribution in [0.2, 0.25) is 0 Å². The zero-order valence-electron chi connectivity index (χ0n) is 12.3. The first-order valence-electron chi connectivity index (χ1n) is 6.78. The van der Waals surface area contributed by atoms with Crippen molar-refractivity contribution in [3.63, 3.8) is 0 Å². The van der Waals surface area contributed by atoms with Gasteiger partial charge in [0.25, 0.3) is 0 Å². The highest BCUT2D eigenvalue weighted by atomic mass is 16.5. The van der Waals surface area contributed by atoms with Crippen molar-refractivity contribution < 1.29 is 24.2 Å². The van der Waals surface area contributed by atoms with Gasteiger partial charge in [-0.2, -0.15) is 0 Å². The Labute approximate surface area is 124 Å². The van der Waals surface area contributed by atoms with Gasteiger partial charge in [-0.05, 0) is 24.6 Å². The molecule has 1 aromatic carbocycles. The lowest BCUT2D eigenvalue weighted by Gasteiger charge is -2.14. The average molecular weight is 295 g/mol. The number of carbonyl (C=O) groups is 2. The quantitative estimate of drug-likeness (QED) is 0.716. The number of ether oxygens (including phenoxy) is 2. The number of amides is 1. The number of hydrogen-bond acceptors (Lipinski definition) is 4. The van der Waals surface area contributed by atoms with Crippen LogP contribution in [-0.2, 0) is 20.7 Å². The van der Waals surface area contributed by atoms with E-state index in [4.69, 9.17) is 14.6 Å². The molecule has 1 aromatic rings. The van der Waals surface area contributed by atoms with Crippen LogP contribution in [0.15, 0.2) is 24.3 Å². The fourth-order valence-corrected chi connectivity index (χ4v) is 1.78. The van der Waals surface area contributed by atoms with Crippen LogP contribution in [0, 0.1) is 0 Å². The molecule has 0 spiro atoms. The lowest BCUT2D eigenvalue weighted by Crippen LogP contribution is -2.35. The fourth-order valence-electron chi connectivity index (χ4n) is 1.78. The molecule has 0 aromatic heterocycles. The van der Waals surface area contributed by atoms with Gasteiger partial charge in [0.15, 0.2) is 0 Å². The lowest BCUT2D eigenvalue weighted by molar-refractivity contribution is -0.140. The Morgan fingerprint density at radius 1 is 1.29 bits per heavy atom. The van der Waals surface area contributed by atoms with E-state index < -0.39 is 12.1 Å². The third-order valence-electron chi connectivity index (χ3n) is 2.86. The van der Waals surface area contributed by atoms with Crippen LogP contribution in [0.4, 0.5) is 0 Å². The second-order valence-electron chi connectivity index (χ2n) is 4.51. The predicted octanol–water partition coefficient (Wildman–Crippen LogP) is 1.23. The number of benzene rings is 1. The largest absolute Gasteiger partial charge is 0.494 e. The van der Waals surface area contributed by atoms with Gasteiger partial charge in [0.05, 0.1) is 25.6 Å². The Balaban J connectivity index is 2.40. The van der Waals surface area contributed by atoms with Gasteiger partial charge in [-0.3, -0.25) is 9.59 Å². The van der Waals surface area contributed by atoms with Crippen LogP contribution in [0.5, 0.6) is 5.75 Å². The highest BCUT2D eigenvalue weighted by Crippen LogP contribution is 2.12. The van der Waals surface area contributed by atoms with E-state index in [0.29, 0.717) is 6.61 Å². The van der Waals surface area contributed by atoms with E-state index in [9.17, 15) is 9.59 Å². The molecule has 0 fully saturated rings. The molecule has 6 heteroatoms. The Bertz CT molecular complexity index is 458. The maximum absolute atomic E-state index is 11.8. The summed E-state index contributed by atoms with van der Waals surface area (Å²) in [4.78, 5) is 22.4. The van der Waals surface area contributed by atoms with Crippen LogP contribution in [0.3, 0.4) is 0 Å². The van der Waals surface area contributed by atoms with Crippen molar-refractivity contribution in [1.29, 1.82) is 0 Å². The molecule has 1 amide bonds. The van der Waals surface area contributed by atoms with E-state index in [1.54, 1.807) is 0 Å². The van der Waals surface area contributed by atoms with Crippen molar-refractivity contribution >= 4 is 11.9 Å². The number of aliphatic carboxylic acids is 1. The topological polar surface area (TPSA) is 84.9 Å². The summed E-state index contributed by atoms with van der Waals surface area (Å²) in [5, 5.41) is 11.3. The standard InChI is InChI=1S/C15H21NO5/c1-3-21-12-6-4-11(5-7-12)8-14(17)16-10-13(20-2)9-15(18)19/h4-7,13H,3,8-10H2,1-2H3,(H,16,17)(H,18,19). The van der Waals surface area contributed by atoms with Gasteiger partial charge in [0, 0.05) is 13.7 Å². The smallest absolute Gasteiger partial charge is 0.306 e. The molecular weight excluding hydrogens is 274 g/mol. The van der Waals surface area contributed by atoms with Gasteiger partial charge in [0.2, 0.25) is 5.91 Å². The summed E-state index contributed by atoms with van der Waals surface area (Å²) < 4.78 is 10.3. The van der Waals surface area contributed by atoms with Crippen molar-refractivity contribution in [1.82, 2.24) is 5.32 Å². The van der Waals surface area contributed by atoms with Gasteiger partial charge in [-0.15, -0.1) is 0 Å². The SMILES string of the molecule is CCOc1ccc(CC(=O)NCC(CC(=O)O)OC)cc1. The van der Waals surface area contributed by atoms with Crippen LogP contribution in [0.1, 0.15) is 18.9 Å². The number of carboxylic acids is 1. The van der Waals surface area contributed by atoms with Gasteiger partial charge in [0.1, 0.15) is 5.75 Å². The maximum Gasteiger partial charge on any atom is 0.306 e. The third-order valence-corrected chi connectivity index (χ3v) is 2.86. The molecule has 2 N–H and O–H groups in total. The lowest BCUT2D eigenvalue weighted by atomic mass is 10.1.